The molecule has 9 nitrogen and oxygen atoms in total. The van der Waals surface area contributed by atoms with E-state index in [1.165, 1.54) is 12.3 Å². The van der Waals surface area contributed by atoms with Crippen molar-refractivity contribution in [2.24, 2.45) is 5.10 Å². The first-order valence-electron chi connectivity index (χ1n) is 8.19. The van der Waals surface area contributed by atoms with Crippen LogP contribution in [0.1, 0.15) is 5.76 Å². The summed E-state index contributed by atoms with van der Waals surface area (Å²) in [6.07, 6.45) is 1.35. The maximum atomic E-state index is 11.9. The largest absolute Gasteiger partial charge is 0.455 e. The third kappa shape index (κ3) is 5.22. The fourth-order valence-electron chi connectivity index (χ4n) is 2.60. The summed E-state index contributed by atoms with van der Waals surface area (Å²) in [4.78, 5) is 24.6. The number of ether oxygens (including phenoxy) is 1. The number of nitro groups is 1. The molecule has 1 fully saturated rings. The van der Waals surface area contributed by atoms with Crippen LogP contribution in [-0.2, 0) is 9.53 Å². The minimum absolute atomic E-state index is 0.0685. The van der Waals surface area contributed by atoms with Crippen LogP contribution < -0.4 is 5.43 Å². The van der Waals surface area contributed by atoms with Crippen molar-refractivity contribution in [3.63, 3.8) is 0 Å². The minimum atomic E-state index is -0.470. The second kappa shape index (κ2) is 8.89. The maximum absolute atomic E-state index is 11.9. The monoisotopic (exact) mass is 436 g/mol. The van der Waals surface area contributed by atoms with Crippen LogP contribution >= 0.6 is 15.9 Å². The molecule has 0 bridgehead atoms. The van der Waals surface area contributed by atoms with E-state index in [1.807, 2.05) is 4.90 Å². The lowest BCUT2D eigenvalue weighted by atomic mass is 10.1. The molecule has 10 heteroatoms. The molecule has 142 valence electrons. The molecule has 1 aromatic heterocycles. The van der Waals surface area contributed by atoms with E-state index in [0.29, 0.717) is 47.9 Å². The lowest BCUT2D eigenvalue weighted by molar-refractivity contribution is -0.384. The second-order valence-electron chi connectivity index (χ2n) is 5.80. The number of benzene rings is 1. The van der Waals surface area contributed by atoms with Crippen molar-refractivity contribution in [2.75, 3.05) is 32.8 Å². The predicted octanol–water partition coefficient (Wildman–Crippen LogP) is 2.40. The Morgan fingerprint density at radius 3 is 2.85 bits per heavy atom. The molecule has 0 unspecified atom stereocenters. The predicted molar refractivity (Wildman–Crippen MR) is 101 cm³/mol. The van der Waals surface area contributed by atoms with Gasteiger partial charge < -0.3 is 9.15 Å². The van der Waals surface area contributed by atoms with E-state index in [0.717, 1.165) is 0 Å². The summed E-state index contributed by atoms with van der Waals surface area (Å²) in [7, 11) is 0. The summed E-state index contributed by atoms with van der Waals surface area (Å²) in [6, 6.07) is 7.96. The number of carbonyl (C=O) groups excluding carboxylic acids is 1. The summed E-state index contributed by atoms with van der Waals surface area (Å²) in [6.45, 7) is 2.91. The molecule has 0 saturated carbocycles. The standard InChI is InChI=1S/C17H17BrN4O5/c18-12-1-3-14(15(9-12)22(24)25)16-4-2-13(27-16)10-19-20-17(23)11-21-5-7-26-8-6-21/h1-4,9-10H,5-8,11H2,(H,20,23)/b19-10-. The van der Waals surface area contributed by atoms with Crippen molar-refractivity contribution < 1.29 is 18.9 Å². The lowest BCUT2D eigenvalue weighted by Crippen LogP contribution is -2.42. The van der Waals surface area contributed by atoms with Gasteiger partial charge in [-0.05, 0) is 24.3 Å². The fourth-order valence-corrected chi connectivity index (χ4v) is 2.95. The van der Waals surface area contributed by atoms with E-state index >= 15 is 0 Å². The first-order valence-corrected chi connectivity index (χ1v) is 8.98. The first kappa shape index (κ1) is 19.2. The molecular weight excluding hydrogens is 420 g/mol. The number of halogens is 1. The Bertz CT molecular complexity index is 861. The van der Waals surface area contributed by atoms with E-state index < -0.39 is 4.92 Å². The summed E-state index contributed by atoms with van der Waals surface area (Å²) in [5, 5.41) is 15.1. The number of morpholine rings is 1. The molecule has 3 rings (SSSR count). The van der Waals surface area contributed by atoms with Gasteiger partial charge in [0, 0.05) is 23.6 Å². The maximum Gasteiger partial charge on any atom is 0.281 e. The van der Waals surface area contributed by atoms with Crippen LogP contribution in [0.2, 0.25) is 0 Å². The van der Waals surface area contributed by atoms with Gasteiger partial charge in [0.05, 0.1) is 36.5 Å². The molecule has 0 aliphatic carbocycles. The zero-order valence-corrected chi connectivity index (χ0v) is 15.8. The normalized spacial score (nSPS) is 15.1. The molecule has 1 aliphatic rings. The molecule has 0 spiro atoms. The summed E-state index contributed by atoms with van der Waals surface area (Å²) < 4.78 is 11.4. The highest BCUT2D eigenvalue weighted by atomic mass is 79.9. The van der Waals surface area contributed by atoms with E-state index in [-0.39, 0.29) is 18.1 Å². The Morgan fingerprint density at radius 1 is 1.33 bits per heavy atom. The number of hydrogen-bond acceptors (Lipinski definition) is 7. The van der Waals surface area contributed by atoms with Gasteiger partial charge in [-0.3, -0.25) is 19.8 Å². The molecule has 2 heterocycles. The number of rotatable bonds is 6. The lowest BCUT2D eigenvalue weighted by Gasteiger charge is -2.25. The Hall–Kier alpha value is -2.56. The highest BCUT2D eigenvalue weighted by Gasteiger charge is 2.18. The van der Waals surface area contributed by atoms with Crippen LogP contribution in [0.15, 0.2) is 44.3 Å². The number of nitro benzene ring substituents is 1. The summed E-state index contributed by atoms with van der Waals surface area (Å²) in [5.41, 5.74) is 2.73. The average molecular weight is 437 g/mol. The van der Waals surface area contributed by atoms with Gasteiger partial charge in [-0.1, -0.05) is 15.9 Å². The Labute approximate surface area is 163 Å². The smallest absolute Gasteiger partial charge is 0.281 e. The highest BCUT2D eigenvalue weighted by Crippen LogP contribution is 2.33. The van der Waals surface area contributed by atoms with Crippen molar-refractivity contribution in [2.45, 2.75) is 0 Å². The second-order valence-corrected chi connectivity index (χ2v) is 6.72. The summed E-state index contributed by atoms with van der Waals surface area (Å²) in [5.74, 6) is 0.479. The molecule has 1 N–H and O–H groups in total. The zero-order valence-electron chi connectivity index (χ0n) is 14.3. The van der Waals surface area contributed by atoms with E-state index in [2.05, 4.69) is 26.5 Å². The molecule has 1 saturated heterocycles. The molecule has 2 aromatic rings. The highest BCUT2D eigenvalue weighted by molar-refractivity contribution is 9.10. The number of furan rings is 1. The van der Waals surface area contributed by atoms with Gasteiger partial charge in [0.2, 0.25) is 0 Å². The number of hydrazone groups is 1. The first-order chi connectivity index (χ1) is 13.0. The molecule has 1 aromatic carbocycles. The number of amides is 1. The van der Waals surface area contributed by atoms with Crippen molar-refractivity contribution in [1.82, 2.24) is 10.3 Å². The van der Waals surface area contributed by atoms with Crippen LogP contribution in [-0.4, -0.2) is 54.8 Å². The molecule has 1 aliphatic heterocycles. The van der Waals surface area contributed by atoms with Gasteiger partial charge in [-0.2, -0.15) is 5.10 Å². The Morgan fingerprint density at radius 2 is 2.11 bits per heavy atom. The summed E-state index contributed by atoms with van der Waals surface area (Å²) >= 11 is 3.22. The molecule has 0 radical (unpaired) electrons. The van der Waals surface area contributed by atoms with Crippen molar-refractivity contribution >= 4 is 33.7 Å². The molecule has 1 amide bonds. The third-order valence-electron chi connectivity index (χ3n) is 3.90. The van der Waals surface area contributed by atoms with Gasteiger partial charge >= 0.3 is 0 Å². The average Bonchev–Trinajstić information content (AvgIpc) is 3.11. The Kier molecular flexibility index (Phi) is 6.32. The van der Waals surface area contributed by atoms with Crippen LogP contribution in [0.4, 0.5) is 5.69 Å². The quantitative estimate of drug-likeness (QED) is 0.422. The zero-order chi connectivity index (χ0) is 19.2. The SMILES string of the molecule is O=C(CN1CCOCC1)N/N=C\c1ccc(-c2ccc(Br)cc2[N+](=O)[O-])o1. The van der Waals surface area contributed by atoms with Gasteiger partial charge in [-0.25, -0.2) is 5.43 Å². The number of nitrogens with one attached hydrogen (secondary N) is 1. The van der Waals surface area contributed by atoms with Gasteiger partial charge in [0.15, 0.2) is 0 Å². The third-order valence-corrected chi connectivity index (χ3v) is 4.39. The van der Waals surface area contributed by atoms with Crippen LogP contribution in [0.5, 0.6) is 0 Å². The van der Waals surface area contributed by atoms with Gasteiger partial charge in [0.1, 0.15) is 11.5 Å². The molecular formula is C17H17BrN4O5. The van der Waals surface area contributed by atoms with Crippen LogP contribution in [0.3, 0.4) is 0 Å². The van der Waals surface area contributed by atoms with Crippen molar-refractivity contribution in [3.05, 3.63) is 50.7 Å². The number of hydrogen-bond donors (Lipinski definition) is 1. The van der Waals surface area contributed by atoms with E-state index in [4.69, 9.17) is 9.15 Å². The van der Waals surface area contributed by atoms with E-state index in [9.17, 15) is 14.9 Å². The molecule has 27 heavy (non-hydrogen) atoms. The topological polar surface area (TPSA) is 110 Å². The number of nitrogens with zero attached hydrogens (tertiary/aromatic N) is 3. The molecule has 0 atom stereocenters. The van der Waals surface area contributed by atoms with E-state index in [1.54, 1.807) is 24.3 Å². The van der Waals surface area contributed by atoms with Crippen LogP contribution in [0.25, 0.3) is 11.3 Å². The number of carbonyl (C=O) groups is 1. The van der Waals surface area contributed by atoms with Crippen LogP contribution in [0, 0.1) is 10.1 Å². The Balaban J connectivity index is 1.62. The van der Waals surface area contributed by atoms with Crippen molar-refractivity contribution in [1.29, 1.82) is 0 Å². The fraction of sp³-hybridized carbons (Fsp3) is 0.294. The minimum Gasteiger partial charge on any atom is -0.455 e. The van der Waals surface area contributed by atoms with Gasteiger partial charge in [-0.15, -0.1) is 0 Å². The van der Waals surface area contributed by atoms with Crippen molar-refractivity contribution in [3.8, 4) is 11.3 Å². The van der Waals surface area contributed by atoms with Gasteiger partial charge in [0.25, 0.3) is 11.6 Å².